The zero-order valence-electron chi connectivity index (χ0n) is 22.3. The van der Waals surface area contributed by atoms with Gasteiger partial charge in [0, 0.05) is 55.8 Å². The Bertz CT molecular complexity index is 1220. The van der Waals surface area contributed by atoms with Crippen molar-refractivity contribution in [2.24, 2.45) is 0 Å². The minimum Gasteiger partial charge on any atom is -0.385 e. The first kappa shape index (κ1) is 30.3. The van der Waals surface area contributed by atoms with E-state index in [9.17, 15) is 18.4 Å². The molecule has 0 saturated carbocycles. The van der Waals surface area contributed by atoms with Crippen LogP contribution >= 0.6 is 15.9 Å². The molecule has 0 radical (unpaired) electrons. The van der Waals surface area contributed by atoms with Crippen molar-refractivity contribution in [3.8, 4) is 0 Å². The molecular weight excluding hydrogens is 570 g/mol. The maximum absolute atomic E-state index is 14.2. The van der Waals surface area contributed by atoms with Gasteiger partial charge in [-0.3, -0.25) is 4.79 Å². The molecule has 1 heterocycles. The van der Waals surface area contributed by atoms with Gasteiger partial charge in [-0.25, -0.2) is 13.6 Å². The minimum atomic E-state index is -0.886. The number of nitrogens with zero attached hydrogens (tertiary/aromatic N) is 3. The van der Waals surface area contributed by atoms with Gasteiger partial charge in [0.25, 0.3) is 0 Å². The molecule has 1 aromatic heterocycles. The van der Waals surface area contributed by atoms with Crippen LogP contribution in [0.15, 0.2) is 65.3 Å². The minimum absolute atomic E-state index is 0.154. The average molecular weight is 606 g/mol. The number of ether oxygens (including phenoxy) is 1. The fraction of sp³-hybridized carbons (Fsp3) is 0.379. The molecule has 3 aromatic rings. The molecule has 7 nitrogen and oxygen atoms in total. The number of hydrogen-bond acceptors (Lipinski definition) is 3. The van der Waals surface area contributed by atoms with Crippen LogP contribution in [0.25, 0.3) is 0 Å². The van der Waals surface area contributed by atoms with E-state index in [4.69, 9.17) is 4.74 Å². The summed E-state index contributed by atoms with van der Waals surface area (Å²) in [5.74, 6) is -1.84. The lowest BCUT2D eigenvalue weighted by molar-refractivity contribution is -0.132. The molecule has 0 bridgehead atoms. The molecule has 0 atom stereocenters. The van der Waals surface area contributed by atoms with Crippen molar-refractivity contribution in [1.29, 1.82) is 0 Å². The van der Waals surface area contributed by atoms with Crippen LogP contribution in [0.5, 0.6) is 0 Å². The first-order valence-electron chi connectivity index (χ1n) is 13.0. The molecular formula is C29H35BrF2N4O3. The van der Waals surface area contributed by atoms with E-state index in [0.717, 1.165) is 40.7 Å². The van der Waals surface area contributed by atoms with E-state index in [0.29, 0.717) is 38.7 Å². The summed E-state index contributed by atoms with van der Waals surface area (Å²) in [6.45, 7) is 4.10. The topological polar surface area (TPSA) is 66.8 Å². The molecule has 1 N–H and O–H groups in total. The number of carbonyl (C=O) groups excluding carboxylic acids is 2. The van der Waals surface area contributed by atoms with Crippen LogP contribution in [0.2, 0.25) is 0 Å². The number of urea groups is 1. The predicted octanol–water partition coefficient (Wildman–Crippen LogP) is 6.28. The van der Waals surface area contributed by atoms with Crippen LogP contribution in [-0.2, 0) is 22.6 Å². The fourth-order valence-electron chi connectivity index (χ4n) is 4.07. The van der Waals surface area contributed by atoms with Gasteiger partial charge in [-0.1, -0.05) is 41.4 Å². The van der Waals surface area contributed by atoms with Crippen molar-refractivity contribution < 1.29 is 23.1 Å². The number of aromatic nitrogens is 1. The van der Waals surface area contributed by atoms with E-state index < -0.39 is 17.7 Å². The maximum Gasteiger partial charge on any atom is 0.322 e. The molecule has 0 fully saturated rings. The second kappa shape index (κ2) is 15.4. The number of anilines is 1. The average Bonchev–Trinajstić information content (AvgIpc) is 3.35. The Balaban J connectivity index is 1.74. The van der Waals surface area contributed by atoms with Gasteiger partial charge in [0.2, 0.25) is 5.91 Å². The van der Waals surface area contributed by atoms with Crippen molar-refractivity contribution in [1.82, 2.24) is 14.4 Å². The van der Waals surface area contributed by atoms with Gasteiger partial charge < -0.3 is 24.4 Å². The molecule has 0 unspecified atom stereocenters. The van der Waals surface area contributed by atoms with Crippen molar-refractivity contribution in [3.05, 3.63) is 88.2 Å². The summed E-state index contributed by atoms with van der Waals surface area (Å²) in [5.41, 5.74) is 1.96. The summed E-state index contributed by atoms with van der Waals surface area (Å²) >= 11 is 3.46. The lowest BCUT2D eigenvalue weighted by Gasteiger charge is -2.28. The maximum atomic E-state index is 14.2. The highest BCUT2D eigenvalue weighted by atomic mass is 79.9. The highest BCUT2D eigenvalue weighted by Crippen LogP contribution is 2.17. The van der Waals surface area contributed by atoms with Crippen LogP contribution in [0, 0.1) is 11.6 Å². The molecule has 3 amide bonds. The molecule has 2 aromatic carbocycles. The molecule has 10 heteroatoms. The smallest absolute Gasteiger partial charge is 0.322 e. The van der Waals surface area contributed by atoms with Gasteiger partial charge >= 0.3 is 6.03 Å². The first-order chi connectivity index (χ1) is 18.8. The number of amides is 3. The number of nitrogens with one attached hydrogen (secondary N) is 1. The lowest BCUT2D eigenvalue weighted by atomic mass is 10.2. The van der Waals surface area contributed by atoms with Gasteiger partial charge in [-0.15, -0.1) is 0 Å². The van der Waals surface area contributed by atoms with Crippen LogP contribution in [0.1, 0.15) is 37.4 Å². The highest BCUT2D eigenvalue weighted by Gasteiger charge is 2.23. The Kier molecular flexibility index (Phi) is 11.9. The first-order valence-corrected chi connectivity index (χ1v) is 13.8. The molecule has 0 aliphatic rings. The molecule has 0 aliphatic carbocycles. The molecule has 3 rings (SSSR count). The predicted molar refractivity (Wildman–Crippen MR) is 151 cm³/mol. The van der Waals surface area contributed by atoms with Gasteiger partial charge in [-0.2, -0.15) is 0 Å². The Morgan fingerprint density at radius 1 is 1.03 bits per heavy atom. The van der Waals surface area contributed by atoms with E-state index in [1.54, 1.807) is 12.0 Å². The number of halogens is 3. The number of benzene rings is 2. The second-order valence-corrected chi connectivity index (χ2v) is 10.2. The summed E-state index contributed by atoms with van der Waals surface area (Å²) in [7, 11) is 1.55. The Hall–Kier alpha value is -3.24. The van der Waals surface area contributed by atoms with E-state index in [-0.39, 0.29) is 24.7 Å². The monoisotopic (exact) mass is 604 g/mol. The standard InChI is InChI=1S/C29H35BrF2N4O3/c1-3-4-14-35(20-25-7-5-15-34(25)19-22-8-10-23(30)11-9-22)28(37)21-36(16-6-17-39-2)29(38)33-27-13-12-24(31)18-26(27)32/h5,7-13,15,18H,3-4,6,14,16-17,19-21H2,1-2H3,(H,33,38). The molecule has 0 aliphatic heterocycles. The third kappa shape index (κ3) is 9.47. The van der Waals surface area contributed by atoms with Crippen molar-refractivity contribution in [2.45, 2.75) is 39.3 Å². The lowest BCUT2D eigenvalue weighted by Crippen LogP contribution is -2.45. The van der Waals surface area contributed by atoms with Gasteiger partial charge in [0.15, 0.2) is 0 Å². The van der Waals surface area contributed by atoms with Crippen molar-refractivity contribution in [2.75, 3.05) is 38.7 Å². The van der Waals surface area contributed by atoms with Crippen LogP contribution in [0.3, 0.4) is 0 Å². The Morgan fingerprint density at radius 3 is 2.46 bits per heavy atom. The number of unbranched alkanes of at least 4 members (excludes halogenated alkanes) is 1. The van der Waals surface area contributed by atoms with E-state index in [2.05, 4.69) is 32.7 Å². The quantitative estimate of drug-likeness (QED) is 0.220. The highest BCUT2D eigenvalue weighted by molar-refractivity contribution is 9.10. The molecule has 0 saturated heterocycles. The van der Waals surface area contributed by atoms with E-state index >= 15 is 0 Å². The van der Waals surface area contributed by atoms with E-state index in [1.165, 1.54) is 4.90 Å². The zero-order chi connectivity index (χ0) is 28.2. The Labute approximate surface area is 236 Å². The summed E-state index contributed by atoms with van der Waals surface area (Å²) in [4.78, 5) is 29.7. The van der Waals surface area contributed by atoms with Crippen molar-refractivity contribution >= 4 is 33.6 Å². The number of methoxy groups -OCH3 is 1. The van der Waals surface area contributed by atoms with Crippen molar-refractivity contribution in [3.63, 3.8) is 0 Å². The normalized spacial score (nSPS) is 10.9. The number of rotatable bonds is 14. The third-order valence-corrected chi connectivity index (χ3v) is 6.77. The van der Waals surface area contributed by atoms with Gasteiger partial charge in [0.1, 0.15) is 18.2 Å². The van der Waals surface area contributed by atoms with Gasteiger partial charge in [-0.05, 0) is 54.8 Å². The summed E-state index contributed by atoms with van der Waals surface area (Å²) in [6, 6.07) is 14.3. The summed E-state index contributed by atoms with van der Waals surface area (Å²) < 4.78 is 35.7. The van der Waals surface area contributed by atoms with Crippen LogP contribution in [-0.4, -0.2) is 59.7 Å². The SMILES string of the molecule is CCCCN(Cc1cccn1Cc1ccc(Br)cc1)C(=O)CN(CCCOC)C(=O)Nc1ccc(F)cc1F. The Morgan fingerprint density at radius 2 is 1.77 bits per heavy atom. The summed E-state index contributed by atoms with van der Waals surface area (Å²) in [6.07, 6.45) is 4.21. The second-order valence-electron chi connectivity index (χ2n) is 9.24. The summed E-state index contributed by atoms with van der Waals surface area (Å²) in [5, 5.41) is 2.46. The molecule has 0 spiro atoms. The van der Waals surface area contributed by atoms with Crippen LogP contribution < -0.4 is 5.32 Å². The third-order valence-electron chi connectivity index (χ3n) is 6.24. The number of carbonyl (C=O) groups is 2. The fourth-order valence-corrected chi connectivity index (χ4v) is 4.34. The largest absolute Gasteiger partial charge is 0.385 e. The van der Waals surface area contributed by atoms with Gasteiger partial charge in [0.05, 0.1) is 12.2 Å². The molecule has 39 heavy (non-hydrogen) atoms. The zero-order valence-corrected chi connectivity index (χ0v) is 23.9. The van der Waals surface area contributed by atoms with E-state index in [1.807, 2.05) is 42.6 Å². The van der Waals surface area contributed by atoms with Crippen LogP contribution in [0.4, 0.5) is 19.3 Å². The number of hydrogen-bond donors (Lipinski definition) is 1. The molecule has 210 valence electrons.